The Labute approximate surface area is 96.6 Å². The van der Waals surface area contributed by atoms with Gasteiger partial charge in [0.25, 0.3) is 0 Å². The van der Waals surface area contributed by atoms with Crippen molar-refractivity contribution in [1.82, 2.24) is 0 Å². The summed E-state index contributed by atoms with van der Waals surface area (Å²) in [6.45, 7) is 2.81. The third kappa shape index (κ3) is 4.74. The van der Waals surface area contributed by atoms with Crippen LogP contribution in [-0.4, -0.2) is 33.1 Å². The van der Waals surface area contributed by atoms with Crippen LogP contribution in [0.3, 0.4) is 0 Å². The van der Waals surface area contributed by atoms with Crippen LogP contribution in [0.4, 0.5) is 0 Å². The summed E-state index contributed by atoms with van der Waals surface area (Å²) in [7, 11) is -2.00. The first kappa shape index (κ1) is 13.2. The molecule has 5 heteroatoms. The second-order valence-electron chi connectivity index (χ2n) is 3.93. The lowest BCUT2D eigenvalue weighted by Gasteiger charge is -2.04. The fraction of sp³-hybridized carbons (Fsp3) is 0.455. The standard InChI is InChI=1S/C6H6O3S.C5H11N/c7-10(8,9)6-4-2-1-3-5-6;1-6-4-2-3-5-6/h1-5H,(H,7,8,9);2-5H2,1H3. The van der Waals surface area contributed by atoms with Gasteiger partial charge in [-0.2, -0.15) is 0 Å². The van der Waals surface area contributed by atoms with E-state index in [9.17, 15) is 13.0 Å². The van der Waals surface area contributed by atoms with Gasteiger partial charge in [-0.3, -0.25) is 0 Å². The van der Waals surface area contributed by atoms with Gasteiger partial charge < -0.3 is 9.45 Å². The summed E-state index contributed by atoms with van der Waals surface area (Å²) >= 11 is 0. The molecule has 1 aliphatic rings. The lowest BCUT2D eigenvalue weighted by Crippen LogP contribution is -3.06. The average Bonchev–Trinajstić information content (AvgIpc) is 2.70. The van der Waals surface area contributed by atoms with Crippen molar-refractivity contribution in [3.05, 3.63) is 30.3 Å². The number of hydrogen-bond acceptors (Lipinski definition) is 3. The summed E-state index contributed by atoms with van der Waals surface area (Å²) in [5.74, 6) is 0. The molecule has 1 aromatic carbocycles. The van der Waals surface area contributed by atoms with Gasteiger partial charge in [-0.15, -0.1) is 0 Å². The van der Waals surface area contributed by atoms with Crippen LogP contribution in [0.25, 0.3) is 0 Å². The Morgan fingerprint density at radius 3 is 1.88 bits per heavy atom. The zero-order valence-electron chi connectivity index (χ0n) is 9.35. The van der Waals surface area contributed by atoms with Gasteiger partial charge in [0.05, 0.1) is 25.0 Å². The maximum Gasteiger partial charge on any atom is 0.124 e. The van der Waals surface area contributed by atoms with E-state index >= 15 is 0 Å². The lowest BCUT2D eigenvalue weighted by atomic mass is 10.4. The Hall–Kier alpha value is -0.910. The van der Waals surface area contributed by atoms with Gasteiger partial charge in [-0.1, -0.05) is 18.2 Å². The number of quaternary nitrogens is 1. The van der Waals surface area contributed by atoms with Crippen molar-refractivity contribution in [3.63, 3.8) is 0 Å². The lowest BCUT2D eigenvalue weighted by molar-refractivity contribution is -0.866. The minimum atomic E-state index is -4.25. The van der Waals surface area contributed by atoms with Gasteiger partial charge in [0, 0.05) is 12.8 Å². The maximum atomic E-state index is 10.3. The van der Waals surface area contributed by atoms with Crippen LogP contribution in [0.5, 0.6) is 0 Å². The van der Waals surface area contributed by atoms with Gasteiger partial charge in [0.2, 0.25) is 0 Å². The van der Waals surface area contributed by atoms with Gasteiger partial charge in [-0.25, -0.2) is 8.42 Å². The molecular formula is C11H17NO3S. The second kappa shape index (κ2) is 5.98. The first-order valence-corrected chi connectivity index (χ1v) is 6.73. The number of rotatable bonds is 1. The van der Waals surface area contributed by atoms with E-state index in [0.29, 0.717) is 0 Å². The molecule has 0 amide bonds. The molecule has 1 aromatic rings. The van der Waals surface area contributed by atoms with Crippen molar-refractivity contribution in [2.45, 2.75) is 17.7 Å². The van der Waals surface area contributed by atoms with Crippen molar-refractivity contribution in [2.75, 3.05) is 20.1 Å². The smallest absolute Gasteiger partial charge is 0.124 e. The highest BCUT2D eigenvalue weighted by Gasteiger charge is 2.07. The van der Waals surface area contributed by atoms with Crippen molar-refractivity contribution in [1.29, 1.82) is 0 Å². The van der Waals surface area contributed by atoms with E-state index in [1.54, 1.807) is 11.0 Å². The number of benzene rings is 1. The Morgan fingerprint density at radius 2 is 1.62 bits per heavy atom. The molecular weight excluding hydrogens is 226 g/mol. The molecule has 0 atom stereocenters. The second-order valence-corrected chi connectivity index (χ2v) is 5.31. The van der Waals surface area contributed by atoms with Gasteiger partial charge in [-0.05, 0) is 12.1 Å². The summed E-state index contributed by atoms with van der Waals surface area (Å²) in [6.07, 6.45) is 2.90. The van der Waals surface area contributed by atoms with Crippen LogP contribution in [-0.2, 0) is 10.1 Å². The molecule has 0 aromatic heterocycles. The summed E-state index contributed by atoms with van der Waals surface area (Å²) in [5, 5.41) is 0. The normalized spacial score (nSPS) is 16.6. The highest BCUT2D eigenvalue weighted by molar-refractivity contribution is 7.85. The molecule has 1 saturated heterocycles. The molecule has 0 unspecified atom stereocenters. The monoisotopic (exact) mass is 243 g/mol. The zero-order valence-corrected chi connectivity index (χ0v) is 10.2. The van der Waals surface area contributed by atoms with Crippen LogP contribution >= 0.6 is 0 Å². The van der Waals surface area contributed by atoms with Gasteiger partial charge in [0.1, 0.15) is 10.1 Å². The molecule has 0 spiro atoms. The summed E-state index contributed by atoms with van der Waals surface area (Å²) in [6, 6.07) is 7.19. The topological polar surface area (TPSA) is 61.6 Å². The minimum Gasteiger partial charge on any atom is -0.744 e. The summed E-state index contributed by atoms with van der Waals surface area (Å²) < 4.78 is 30.8. The molecule has 1 aliphatic heterocycles. The predicted octanol–water partition coefficient (Wildman–Crippen LogP) is -0.114. The molecule has 0 aliphatic carbocycles. The van der Waals surface area contributed by atoms with E-state index < -0.39 is 10.1 Å². The molecule has 2 rings (SSSR count). The maximum absolute atomic E-state index is 10.3. The van der Waals surface area contributed by atoms with E-state index in [-0.39, 0.29) is 4.90 Å². The van der Waals surface area contributed by atoms with Crippen LogP contribution in [0, 0.1) is 0 Å². The Kier molecular flexibility index (Phi) is 4.92. The Morgan fingerprint density at radius 1 is 1.12 bits per heavy atom. The van der Waals surface area contributed by atoms with E-state index in [4.69, 9.17) is 0 Å². The first-order chi connectivity index (χ1) is 7.50. The van der Waals surface area contributed by atoms with Crippen LogP contribution < -0.4 is 4.90 Å². The molecule has 1 N–H and O–H groups in total. The molecule has 1 heterocycles. The van der Waals surface area contributed by atoms with Crippen molar-refractivity contribution >= 4 is 10.1 Å². The number of likely N-dealkylation sites (tertiary alicyclic amines) is 1. The highest BCUT2D eigenvalue weighted by Crippen LogP contribution is 2.04. The molecule has 0 saturated carbocycles. The van der Waals surface area contributed by atoms with Gasteiger partial charge in [0.15, 0.2) is 0 Å². The van der Waals surface area contributed by atoms with Crippen LogP contribution in [0.1, 0.15) is 12.8 Å². The number of nitrogens with one attached hydrogen (secondary N) is 1. The van der Waals surface area contributed by atoms with E-state index in [0.717, 1.165) is 0 Å². The van der Waals surface area contributed by atoms with Crippen LogP contribution in [0.15, 0.2) is 35.2 Å². The first-order valence-electron chi connectivity index (χ1n) is 5.32. The SMILES string of the molecule is C[NH+]1CCCC1.O=S(=O)([O-])c1ccccc1. The summed E-state index contributed by atoms with van der Waals surface area (Å²) in [4.78, 5) is 1.52. The largest absolute Gasteiger partial charge is 0.744 e. The molecule has 0 bridgehead atoms. The van der Waals surface area contributed by atoms with E-state index in [2.05, 4.69) is 7.05 Å². The molecule has 16 heavy (non-hydrogen) atoms. The van der Waals surface area contributed by atoms with E-state index in [1.165, 1.54) is 50.2 Å². The fourth-order valence-corrected chi connectivity index (χ4v) is 2.06. The molecule has 4 nitrogen and oxygen atoms in total. The van der Waals surface area contributed by atoms with Crippen molar-refractivity contribution < 1.29 is 17.9 Å². The van der Waals surface area contributed by atoms with Crippen LogP contribution in [0.2, 0.25) is 0 Å². The molecule has 0 radical (unpaired) electrons. The number of hydrogen-bond donors (Lipinski definition) is 1. The third-order valence-corrected chi connectivity index (χ3v) is 3.34. The van der Waals surface area contributed by atoms with Crippen molar-refractivity contribution in [2.24, 2.45) is 0 Å². The Bertz CT molecular complexity index is 396. The molecule has 90 valence electrons. The summed E-state index contributed by atoms with van der Waals surface area (Å²) in [5.41, 5.74) is 0. The Balaban J connectivity index is 0.000000181. The van der Waals surface area contributed by atoms with Gasteiger partial charge >= 0.3 is 0 Å². The van der Waals surface area contributed by atoms with Crippen molar-refractivity contribution in [3.8, 4) is 0 Å². The quantitative estimate of drug-likeness (QED) is 0.700. The minimum absolute atomic E-state index is 0.185. The fourth-order valence-electron chi connectivity index (χ4n) is 1.57. The molecule has 1 fully saturated rings. The third-order valence-electron chi connectivity index (χ3n) is 2.49. The highest BCUT2D eigenvalue weighted by atomic mass is 32.2. The predicted molar refractivity (Wildman–Crippen MR) is 60.3 cm³/mol. The van der Waals surface area contributed by atoms with E-state index in [1.807, 2.05) is 0 Å². The average molecular weight is 243 g/mol. The zero-order chi connectivity index (χ0) is 12.0.